The van der Waals surface area contributed by atoms with E-state index in [1.54, 1.807) is 26.0 Å². The van der Waals surface area contributed by atoms with Gasteiger partial charge >= 0.3 is 0 Å². The highest BCUT2D eigenvalue weighted by atomic mass is 127. The van der Waals surface area contributed by atoms with Crippen molar-refractivity contribution in [2.45, 2.75) is 33.4 Å². The van der Waals surface area contributed by atoms with Crippen molar-refractivity contribution in [3.63, 3.8) is 0 Å². The average Bonchev–Trinajstić information content (AvgIpc) is 2.78. The Bertz CT molecular complexity index is 913. The summed E-state index contributed by atoms with van der Waals surface area (Å²) in [5.41, 5.74) is 3.54. The Morgan fingerprint density at radius 3 is 2.19 bits per heavy atom. The molecule has 0 aliphatic heterocycles. The van der Waals surface area contributed by atoms with E-state index < -0.39 is 0 Å². The zero-order chi connectivity index (χ0) is 22.8. The van der Waals surface area contributed by atoms with Gasteiger partial charge in [-0.05, 0) is 41.8 Å². The van der Waals surface area contributed by atoms with Crippen LogP contribution in [0.25, 0.3) is 0 Å². The first-order chi connectivity index (χ1) is 14.8. The van der Waals surface area contributed by atoms with Crippen molar-refractivity contribution in [2.24, 2.45) is 10.9 Å². The van der Waals surface area contributed by atoms with E-state index in [1.807, 2.05) is 62.4 Å². The van der Waals surface area contributed by atoms with E-state index in [-0.39, 0.29) is 41.7 Å². The van der Waals surface area contributed by atoms with Gasteiger partial charge in [-0.2, -0.15) is 0 Å². The molecule has 174 valence electrons. The molecule has 0 saturated carbocycles. The van der Waals surface area contributed by atoms with E-state index in [4.69, 9.17) is 0 Å². The molecular weight excluding hydrogens is 517 g/mol. The second-order valence-corrected chi connectivity index (χ2v) is 7.67. The predicted octanol–water partition coefficient (Wildman–Crippen LogP) is 3.86. The number of nitrogens with zero attached hydrogens (tertiary/aromatic N) is 2. The Balaban J connectivity index is 0.00000512. The van der Waals surface area contributed by atoms with Gasteiger partial charge in [-0.15, -0.1) is 24.0 Å². The van der Waals surface area contributed by atoms with Gasteiger partial charge in [-0.3, -0.25) is 14.6 Å². The van der Waals surface area contributed by atoms with Crippen molar-refractivity contribution in [3.8, 4) is 0 Å². The van der Waals surface area contributed by atoms with E-state index in [0.29, 0.717) is 24.6 Å². The molecule has 2 aromatic rings. The van der Waals surface area contributed by atoms with Crippen LogP contribution in [0.2, 0.25) is 0 Å². The standard InChI is InChI=1S/C24H33N5O2.HI/c1-6-17(2)22(30)28-21-9-7-8-19(14-21)16-27-24(25-3)26-15-18-10-12-20(13-11-18)23(31)29(4)5;/h7-14,17H,6,15-16H2,1-5H3,(H,28,30)(H2,25,26,27);1H. The second kappa shape index (κ2) is 13.7. The quantitative estimate of drug-likeness (QED) is 0.264. The van der Waals surface area contributed by atoms with Gasteiger partial charge in [-0.1, -0.05) is 38.1 Å². The molecule has 0 spiro atoms. The summed E-state index contributed by atoms with van der Waals surface area (Å²) in [6, 6.07) is 15.3. The van der Waals surface area contributed by atoms with Gasteiger partial charge in [-0.25, -0.2) is 0 Å². The largest absolute Gasteiger partial charge is 0.352 e. The highest BCUT2D eigenvalue weighted by molar-refractivity contribution is 14.0. The number of aliphatic imine (C=N–C) groups is 1. The number of halogens is 1. The van der Waals surface area contributed by atoms with E-state index >= 15 is 0 Å². The molecule has 3 N–H and O–H groups in total. The van der Waals surface area contributed by atoms with Crippen molar-refractivity contribution in [2.75, 3.05) is 26.5 Å². The van der Waals surface area contributed by atoms with Crippen LogP contribution in [-0.2, 0) is 17.9 Å². The normalized spacial score (nSPS) is 11.7. The number of hydrogen-bond acceptors (Lipinski definition) is 3. The first-order valence-corrected chi connectivity index (χ1v) is 10.5. The number of benzene rings is 2. The smallest absolute Gasteiger partial charge is 0.253 e. The molecule has 8 heteroatoms. The van der Waals surface area contributed by atoms with Crippen molar-refractivity contribution in [1.82, 2.24) is 15.5 Å². The van der Waals surface area contributed by atoms with E-state index in [1.165, 1.54) is 0 Å². The van der Waals surface area contributed by atoms with Crippen molar-refractivity contribution >= 4 is 47.4 Å². The molecule has 1 atom stereocenters. The van der Waals surface area contributed by atoms with Crippen LogP contribution in [0.4, 0.5) is 5.69 Å². The molecule has 2 rings (SSSR count). The predicted molar refractivity (Wildman–Crippen MR) is 141 cm³/mol. The van der Waals surface area contributed by atoms with E-state index in [2.05, 4.69) is 20.9 Å². The number of carbonyl (C=O) groups is 2. The maximum Gasteiger partial charge on any atom is 0.253 e. The monoisotopic (exact) mass is 551 g/mol. The van der Waals surface area contributed by atoms with Gasteiger partial charge in [0.1, 0.15) is 0 Å². The molecule has 0 radical (unpaired) electrons. The van der Waals surface area contributed by atoms with Crippen LogP contribution < -0.4 is 16.0 Å². The molecule has 2 amide bonds. The van der Waals surface area contributed by atoms with Crippen molar-refractivity contribution in [3.05, 3.63) is 65.2 Å². The number of anilines is 1. The SMILES string of the molecule is CCC(C)C(=O)Nc1cccc(CNC(=NC)NCc2ccc(C(=O)N(C)C)cc2)c1.I. The molecule has 32 heavy (non-hydrogen) atoms. The Morgan fingerprint density at radius 1 is 1.00 bits per heavy atom. The molecule has 0 heterocycles. The molecule has 0 aliphatic rings. The van der Waals surface area contributed by atoms with Gasteiger partial charge in [0.25, 0.3) is 5.91 Å². The lowest BCUT2D eigenvalue weighted by Crippen LogP contribution is -2.36. The summed E-state index contributed by atoms with van der Waals surface area (Å²) >= 11 is 0. The minimum absolute atomic E-state index is 0. The summed E-state index contributed by atoms with van der Waals surface area (Å²) in [6.07, 6.45) is 0.809. The van der Waals surface area contributed by atoms with Crippen molar-refractivity contribution < 1.29 is 9.59 Å². The van der Waals surface area contributed by atoms with Crippen LogP contribution in [0, 0.1) is 5.92 Å². The lowest BCUT2D eigenvalue weighted by Gasteiger charge is -2.14. The summed E-state index contributed by atoms with van der Waals surface area (Å²) in [5, 5.41) is 9.51. The minimum atomic E-state index is -0.0143. The first kappa shape index (κ1) is 27.4. The highest BCUT2D eigenvalue weighted by Gasteiger charge is 2.11. The highest BCUT2D eigenvalue weighted by Crippen LogP contribution is 2.13. The summed E-state index contributed by atoms with van der Waals surface area (Å²) in [6.45, 7) is 5.08. The van der Waals surface area contributed by atoms with Crippen LogP contribution in [-0.4, -0.2) is 43.8 Å². The molecule has 0 aromatic heterocycles. The second-order valence-electron chi connectivity index (χ2n) is 7.67. The zero-order valence-corrected chi connectivity index (χ0v) is 21.8. The topological polar surface area (TPSA) is 85.8 Å². The summed E-state index contributed by atoms with van der Waals surface area (Å²) in [4.78, 5) is 29.9. The van der Waals surface area contributed by atoms with Crippen LogP contribution in [0.5, 0.6) is 0 Å². The molecule has 0 aliphatic carbocycles. The summed E-state index contributed by atoms with van der Waals surface area (Å²) in [5.74, 6) is 0.672. The van der Waals surface area contributed by atoms with Crippen LogP contribution in [0.15, 0.2) is 53.5 Å². The fourth-order valence-electron chi connectivity index (χ4n) is 2.83. The number of hydrogen-bond donors (Lipinski definition) is 3. The molecule has 2 aromatic carbocycles. The van der Waals surface area contributed by atoms with Gasteiger partial charge in [0, 0.05) is 51.4 Å². The van der Waals surface area contributed by atoms with Crippen LogP contribution in [0.1, 0.15) is 41.8 Å². The fourth-order valence-corrected chi connectivity index (χ4v) is 2.83. The third-order valence-electron chi connectivity index (χ3n) is 5.01. The number of rotatable bonds is 8. The maximum atomic E-state index is 12.1. The molecule has 0 saturated heterocycles. The summed E-state index contributed by atoms with van der Waals surface area (Å²) < 4.78 is 0. The van der Waals surface area contributed by atoms with E-state index in [9.17, 15) is 9.59 Å². The van der Waals surface area contributed by atoms with Gasteiger partial charge in [0.05, 0.1) is 0 Å². The average molecular weight is 551 g/mol. The molecule has 0 bridgehead atoms. The zero-order valence-electron chi connectivity index (χ0n) is 19.4. The Morgan fingerprint density at radius 2 is 1.62 bits per heavy atom. The van der Waals surface area contributed by atoms with Gasteiger partial charge < -0.3 is 20.9 Å². The summed E-state index contributed by atoms with van der Waals surface area (Å²) in [7, 11) is 5.20. The number of carbonyl (C=O) groups excluding carboxylic acids is 2. The minimum Gasteiger partial charge on any atom is -0.352 e. The lowest BCUT2D eigenvalue weighted by atomic mass is 10.1. The third-order valence-corrected chi connectivity index (χ3v) is 5.01. The maximum absolute atomic E-state index is 12.1. The van der Waals surface area contributed by atoms with Gasteiger partial charge in [0.15, 0.2) is 5.96 Å². The molecule has 1 unspecified atom stereocenters. The Kier molecular flexibility index (Phi) is 11.8. The van der Waals surface area contributed by atoms with Crippen molar-refractivity contribution in [1.29, 1.82) is 0 Å². The first-order valence-electron chi connectivity index (χ1n) is 10.5. The molecule has 0 fully saturated rings. The fraction of sp³-hybridized carbons (Fsp3) is 0.375. The van der Waals surface area contributed by atoms with E-state index in [0.717, 1.165) is 23.2 Å². The number of amides is 2. The Labute approximate surface area is 208 Å². The van der Waals surface area contributed by atoms with Crippen LogP contribution in [0.3, 0.4) is 0 Å². The molecular formula is C24H34IN5O2. The lowest BCUT2D eigenvalue weighted by molar-refractivity contribution is -0.119. The number of nitrogens with one attached hydrogen (secondary N) is 3. The third kappa shape index (κ3) is 8.49. The van der Waals surface area contributed by atoms with Crippen LogP contribution >= 0.6 is 24.0 Å². The Hall–Kier alpha value is -2.62. The number of guanidine groups is 1. The van der Waals surface area contributed by atoms with Gasteiger partial charge in [0.2, 0.25) is 5.91 Å². The molecule has 7 nitrogen and oxygen atoms in total.